The van der Waals surface area contributed by atoms with Gasteiger partial charge in [-0.05, 0) is 57.8 Å². The van der Waals surface area contributed by atoms with Gasteiger partial charge in [0.2, 0.25) is 0 Å². The first-order valence-electron chi connectivity index (χ1n) is 21.2. The molecular formula is C43H78NO9P. The molecule has 314 valence electrons. The molecule has 10 nitrogen and oxygen atoms in total. The first kappa shape index (κ1) is 51.9. The molecule has 2 atom stereocenters. The largest absolute Gasteiger partial charge is 0.472 e. The summed E-state index contributed by atoms with van der Waals surface area (Å²) in [5.74, 6) is -0.906. The lowest BCUT2D eigenvalue weighted by atomic mass is 10.0. The summed E-state index contributed by atoms with van der Waals surface area (Å²) in [7, 11) is -4.40. The van der Waals surface area contributed by atoms with Crippen LogP contribution in [0.5, 0.6) is 0 Å². The van der Waals surface area contributed by atoms with E-state index in [1.165, 1.54) is 77.0 Å². The van der Waals surface area contributed by atoms with E-state index in [2.05, 4.69) is 49.5 Å². The molecule has 54 heavy (non-hydrogen) atoms. The number of carbonyl (C=O) groups is 2. The molecule has 0 aliphatic rings. The molecule has 0 saturated carbocycles. The molecule has 0 aliphatic heterocycles. The molecule has 0 amide bonds. The molecule has 11 heteroatoms. The standard InChI is InChI=1S/C43H78NO9P/c1-2-3-4-5-6-7-8-9-13-16-19-22-25-28-31-34-42(46)50-39-41(40-52-54(48,49)51-38-36-44)53-43(47)35-32-29-26-23-20-17-14-11-10-12-15-18-21-24-27-30-33-37-45/h10,12,14,17-18,21,23,26,41,45H,2-9,11,13,15-16,19-20,22,24-25,27-40,44H2,1H3,(H,48,49). The number of phosphoric acid groups is 1. The number of phosphoric ester groups is 1. The van der Waals surface area contributed by atoms with Crippen molar-refractivity contribution in [3.63, 3.8) is 0 Å². The second kappa shape index (κ2) is 40.6. The Morgan fingerprint density at radius 1 is 0.593 bits per heavy atom. The van der Waals surface area contributed by atoms with Gasteiger partial charge in [0.25, 0.3) is 0 Å². The minimum absolute atomic E-state index is 0.0396. The number of rotatable bonds is 40. The van der Waals surface area contributed by atoms with Crippen LogP contribution in [-0.4, -0.2) is 61.0 Å². The summed E-state index contributed by atoms with van der Waals surface area (Å²) in [5.41, 5.74) is 5.34. The zero-order chi connectivity index (χ0) is 39.6. The van der Waals surface area contributed by atoms with Crippen molar-refractivity contribution in [3.05, 3.63) is 48.6 Å². The highest BCUT2D eigenvalue weighted by Crippen LogP contribution is 2.43. The van der Waals surface area contributed by atoms with Crippen LogP contribution in [0.1, 0.15) is 174 Å². The summed E-state index contributed by atoms with van der Waals surface area (Å²) < 4.78 is 32.7. The van der Waals surface area contributed by atoms with Gasteiger partial charge in [0.1, 0.15) is 6.61 Å². The van der Waals surface area contributed by atoms with E-state index in [1.807, 2.05) is 6.08 Å². The zero-order valence-electron chi connectivity index (χ0n) is 33.9. The number of nitrogens with two attached hydrogens (primary N) is 1. The van der Waals surface area contributed by atoms with E-state index < -0.39 is 32.5 Å². The Hall–Kier alpha value is -2.07. The number of unbranched alkanes of at least 4 members (excludes halogenated alkanes) is 18. The third-order valence-corrected chi connectivity index (χ3v) is 9.76. The minimum Gasteiger partial charge on any atom is -0.462 e. The quantitative estimate of drug-likeness (QED) is 0.0237. The number of ether oxygens (including phenoxy) is 2. The molecule has 2 unspecified atom stereocenters. The lowest BCUT2D eigenvalue weighted by Crippen LogP contribution is -2.29. The van der Waals surface area contributed by atoms with E-state index in [0.29, 0.717) is 12.8 Å². The lowest BCUT2D eigenvalue weighted by molar-refractivity contribution is -0.161. The fourth-order valence-corrected chi connectivity index (χ4v) is 6.37. The van der Waals surface area contributed by atoms with Gasteiger partial charge in [0.15, 0.2) is 6.10 Å². The van der Waals surface area contributed by atoms with Gasteiger partial charge >= 0.3 is 19.8 Å². The van der Waals surface area contributed by atoms with Crippen LogP contribution in [0.25, 0.3) is 0 Å². The molecular weight excluding hydrogens is 705 g/mol. The number of aliphatic hydroxyl groups excluding tert-OH is 1. The third kappa shape index (κ3) is 39.6. The monoisotopic (exact) mass is 784 g/mol. The Morgan fingerprint density at radius 2 is 1.06 bits per heavy atom. The normalized spacial score (nSPS) is 13.8. The first-order valence-corrected chi connectivity index (χ1v) is 22.7. The topological polar surface area (TPSA) is 155 Å². The highest BCUT2D eigenvalue weighted by atomic mass is 31.2. The third-order valence-electron chi connectivity index (χ3n) is 8.77. The van der Waals surface area contributed by atoms with Crippen LogP contribution in [0.15, 0.2) is 48.6 Å². The van der Waals surface area contributed by atoms with Crippen LogP contribution < -0.4 is 5.73 Å². The Bertz CT molecular complexity index is 1030. The first-order chi connectivity index (χ1) is 26.3. The van der Waals surface area contributed by atoms with Crippen LogP contribution in [0.4, 0.5) is 0 Å². The highest BCUT2D eigenvalue weighted by molar-refractivity contribution is 7.47. The molecule has 0 heterocycles. The van der Waals surface area contributed by atoms with E-state index >= 15 is 0 Å². The molecule has 0 aromatic heterocycles. The molecule has 0 aliphatic carbocycles. The van der Waals surface area contributed by atoms with Crippen molar-refractivity contribution in [1.82, 2.24) is 0 Å². The average molecular weight is 784 g/mol. The number of carbonyl (C=O) groups excluding carboxylic acids is 2. The molecule has 0 aromatic rings. The van der Waals surface area contributed by atoms with Gasteiger partial charge in [-0.3, -0.25) is 18.6 Å². The van der Waals surface area contributed by atoms with E-state index in [9.17, 15) is 19.0 Å². The van der Waals surface area contributed by atoms with Crippen molar-refractivity contribution in [2.75, 3.05) is 33.0 Å². The predicted molar refractivity (Wildman–Crippen MR) is 221 cm³/mol. The smallest absolute Gasteiger partial charge is 0.462 e. The van der Waals surface area contributed by atoms with Crippen LogP contribution in [0.2, 0.25) is 0 Å². The van der Waals surface area contributed by atoms with Gasteiger partial charge < -0.3 is 25.2 Å². The molecule has 0 radical (unpaired) electrons. The van der Waals surface area contributed by atoms with Gasteiger partial charge in [0, 0.05) is 26.0 Å². The molecule has 0 saturated heterocycles. The van der Waals surface area contributed by atoms with Crippen LogP contribution in [0, 0.1) is 0 Å². The van der Waals surface area contributed by atoms with Crippen molar-refractivity contribution >= 4 is 19.8 Å². The Kier molecular flexibility index (Phi) is 39.0. The Labute approximate surface area is 329 Å². The Balaban J connectivity index is 4.25. The number of esters is 2. The summed E-state index contributed by atoms with van der Waals surface area (Å²) in [6, 6.07) is 0. The molecule has 4 N–H and O–H groups in total. The fourth-order valence-electron chi connectivity index (χ4n) is 5.61. The maximum atomic E-state index is 12.5. The van der Waals surface area contributed by atoms with Crippen LogP contribution in [0.3, 0.4) is 0 Å². The fraction of sp³-hybridized carbons (Fsp3) is 0.767. The van der Waals surface area contributed by atoms with Gasteiger partial charge in [-0.2, -0.15) is 0 Å². The van der Waals surface area contributed by atoms with E-state index in [-0.39, 0.29) is 39.2 Å². The van der Waals surface area contributed by atoms with E-state index in [4.69, 9.17) is 29.4 Å². The molecule has 0 spiro atoms. The molecule has 0 fully saturated rings. The number of hydrogen-bond acceptors (Lipinski definition) is 9. The second-order valence-electron chi connectivity index (χ2n) is 13.9. The van der Waals surface area contributed by atoms with Gasteiger partial charge in [0.05, 0.1) is 13.2 Å². The van der Waals surface area contributed by atoms with Crippen LogP contribution >= 0.6 is 7.82 Å². The maximum absolute atomic E-state index is 12.5. The number of allylic oxidation sites excluding steroid dienone is 8. The van der Waals surface area contributed by atoms with Gasteiger partial charge in [-0.1, -0.05) is 152 Å². The van der Waals surface area contributed by atoms with Crippen molar-refractivity contribution in [3.8, 4) is 0 Å². The summed E-state index contributed by atoms with van der Waals surface area (Å²) in [6.07, 6.45) is 43.0. The van der Waals surface area contributed by atoms with E-state index in [1.54, 1.807) is 0 Å². The van der Waals surface area contributed by atoms with E-state index in [0.717, 1.165) is 64.2 Å². The summed E-state index contributed by atoms with van der Waals surface area (Å²) in [6.45, 7) is 1.67. The average Bonchev–Trinajstić information content (AvgIpc) is 3.16. The van der Waals surface area contributed by atoms with Crippen molar-refractivity contribution in [1.29, 1.82) is 0 Å². The number of aliphatic hydroxyl groups is 1. The maximum Gasteiger partial charge on any atom is 0.472 e. The minimum atomic E-state index is -4.40. The second-order valence-corrected chi connectivity index (χ2v) is 15.4. The lowest BCUT2D eigenvalue weighted by Gasteiger charge is -2.19. The molecule has 0 aromatic carbocycles. The Morgan fingerprint density at radius 3 is 1.57 bits per heavy atom. The zero-order valence-corrected chi connectivity index (χ0v) is 34.8. The predicted octanol–water partition coefficient (Wildman–Crippen LogP) is 10.9. The highest BCUT2D eigenvalue weighted by Gasteiger charge is 2.25. The summed E-state index contributed by atoms with van der Waals surface area (Å²) in [5, 5.41) is 8.79. The number of hydrogen-bond donors (Lipinski definition) is 3. The molecule has 0 rings (SSSR count). The van der Waals surface area contributed by atoms with Crippen molar-refractivity contribution < 1.29 is 42.7 Å². The molecule has 0 bridgehead atoms. The summed E-state index contributed by atoms with van der Waals surface area (Å²) >= 11 is 0. The van der Waals surface area contributed by atoms with Crippen molar-refractivity contribution in [2.45, 2.75) is 180 Å². The van der Waals surface area contributed by atoms with Gasteiger partial charge in [-0.25, -0.2) is 4.57 Å². The van der Waals surface area contributed by atoms with Gasteiger partial charge in [-0.15, -0.1) is 0 Å². The SMILES string of the molecule is CCCCCCCCCCCCCCCCCC(=O)OCC(COP(=O)(O)OCCN)OC(=O)CCCC=CCC=CCC=CCC=CCCCCCO. The van der Waals surface area contributed by atoms with Crippen LogP contribution in [-0.2, 0) is 32.7 Å². The summed E-state index contributed by atoms with van der Waals surface area (Å²) in [4.78, 5) is 34.8. The van der Waals surface area contributed by atoms with Crippen molar-refractivity contribution in [2.24, 2.45) is 5.73 Å².